The zero-order chi connectivity index (χ0) is 20.1. The molecular weight excluding hydrogens is 360 g/mol. The van der Waals surface area contributed by atoms with Crippen molar-refractivity contribution < 1.29 is 24.6 Å². The van der Waals surface area contributed by atoms with Crippen LogP contribution >= 0.6 is 0 Å². The average Bonchev–Trinajstić information content (AvgIpc) is 2.69. The molecule has 7 nitrogen and oxygen atoms in total. The van der Waals surface area contributed by atoms with Crippen molar-refractivity contribution in [2.45, 2.75) is 25.9 Å². The van der Waals surface area contributed by atoms with Gasteiger partial charge in [-0.15, -0.1) is 0 Å². The van der Waals surface area contributed by atoms with E-state index < -0.39 is 6.10 Å². The fourth-order valence-electron chi connectivity index (χ4n) is 3.31. The number of benzene rings is 2. The van der Waals surface area contributed by atoms with Crippen LogP contribution in [-0.4, -0.2) is 36.3 Å². The molecule has 7 heteroatoms. The molecule has 4 N–H and O–H groups in total. The third kappa shape index (κ3) is 4.74. The minimum absolute atomic E-state index is 0.0122. The molecule has 0 radical (unpaired) electrons. The molecule has 2 aromatic rings. The van der Waals surface area contributed by atoms with Gasteiger partial charge in [-0.1, -0.05) is 19.1 Å². The predicted molar refractivity (Wildman–Crippen MR) is 104 cm³/mol. The Morgan fingerprint density at radius 1 is 1.21 bits per heavy atom. The molecule has 2 aromatic carbocycles. The second-order valence-electron chi connectivity index (χ2n) is 7.12. The number of hydrogen-bond acceptors (Lipinski definition) is 6. The van der Waals surface area contributed by atoms with E-state index in [0.717, 1.165) is 18.7 Å². The number of phenols is 1. The van der Waals surface area contributed by atoms with Gasteiger partial charge in [0.15, 0.2) is 5.75 Å². The molecule has 2 unspecified atom stereocenters. The number of carbonyl (C=O) groups excluding carboxylic acids is 1. The van der Waals surface area contributed by atoms with Crippen LogP contribution in [0.4, 0.5) is 0 Å². The van der Waals surface area contributed by atoms with Gasteiger partial charge in [0.2, 0.25) is 0 Å². The molecule has 0 aromatic heterocycles. The van der Waals surface area contributed by atoms with Crippen LogP contribution in [0.15, 0.2) is 36.4 Å². The zero-order valence-corrected chi connectivity index (χ0v) is 16.1. The predicted octanol–water partition coefficient (Wildman–Crippen LogP) is 1.87. The number of aromatic hydroxyl groups is 1. The number of phenolic OH excluding ortho intramolecular Hbond substituents is 1. The zero-order valence-electron chi connectivity index (χ0n) is 16.1. The maximum atomic E-state index is 11.5. The Kier molecular flexibility index (Phi) is 6.38. The lowest BCUT2D eigenvalue weighted by Gasteiger charge is -2.23. The van der Waals surface area contributed by atoms with Gasteiger partial charge in [-0.2, -0.15) is 5.48 Å². The quantitative estimate of drug-likeness (QED) is 0.553. The number of hydrogen-bond donors (Lipinski definition) is 4. The van der Waals surface area contributed by atoms with E-state index in [2.05, 4.69) is 29.9 Å². The van der Waals surface area contributed by atoms with Gasteiger partial charge in [-0.05, 0) is 48.7 Å². The minimum Gasteiger partial charge on any atom is -0.508 e. The SMILES string of the molecule is COc1ccc(CC(C)CNCC(O)c2ccc(O)c3c2ONC(=O)C3)cc1. The van der Waals surface area contributed by atoms with E-state index in [1.807, 2.05) is 12.1 Å². The standard InChI is InChI=1S/C21H26N2O5/c1-13(9-14-3-5-15(27-2)6-4-14)11-22-12-19(25)16-7-8-18(24)17-10-20(26)23-28-21(16)17/h3-8,13,19,22,24-25H,9-12H2,1-2H3,(H,23,26). The molecule has 1 heterocycles. The summed E-state index contributed by atoms with van der Waals surface area (Å²) in [7, 11) is 1.65. The van der Waals surface area contributed by atoms with Crippen molar-refractivity contribution in [3.8, 4) is 17.2 Å². The molecule has 3 rings (SSSR count). The Hall–Kier alpha value is -2.77. The minimum atomic E-state index is -0.822. The van der Waals surface area contributed by atoms with Crippen molar-refractivity contribution in [3.63, 3.8) is 0 Å². The number of ether oxygens (including phenoxy) is 1. The molecule has 0 saturated carbocycles. The fourth-order valence-corrected chi connectivity index (χ4v) is 3.31. The van der Waals surface area contributed by atoms with E-state index in [0.29, 0.717) is 29.3 Å². The number of nitrogens with one attached hydrogen (secondary N) is 2. The number of fused-ring (bicyclic) bond motifs is 1. The Bertz CT molecular complexity index is 822. The molecule has 1 aliphatic heterocycles. The van der Waals surface area contributed by atoms with E-state index in [1.54, 1.807) is 13.2 Å². The first-order valence-electron chi connectivity index (χ1n) is 9.30. The van der Waals surface area contributed by atoms with Gasteiger partial charge >= 0.3 is 0 Å². The highest BCUT2D eigenvalue weighted by molar-refractivity contribution is 5.81. The second kappa shape index (κ2) is 8.95. The summed E-state index contributed by atoms with van der Waals surface area (Å²) in [4.78, 5) is 16.7. The molecule has 0 saturated heterocycles. The van der Waals surface area contributed by atoms with Crippen molar-refractivity contribution in [2.75, 3.05) is 20.2 Å². The van der Waals surface area contributed by atoms with E-state index >= 15 is 0 Å². The molecule has 1 amide bonds. The highest BCUT2D eigenvalue weighted by Crippen LogP contribution is 2.36. The average molecular weight is 386 g/mol. The van der Waals surface area contributed by atoms with Crippen molar-refractivity contribution in [1.29, 1.82) is 0 Å². The fraction of sp³-hybridized carbons (Fsp3) is 0.381. The lowest BCUT2D eigenvalue weighted by atomic mass is 9.99. The number of carbonyl (C=O) groups is 1. The molecule has 0 bridgehead atoms. The van der Waals surface area contributed by atoms with Gasteiger partial charge in [0.25, 0.3) is 5.91 Å². The molecule has 2 atom stereocenters. The van der Waals surface area contributed by atoms with Gasteiger partial charge in [0, 0.05) is 17.7 Å². The number of amides is 1. The third-order valence-electron chi connectivity index (χ3n) is 4.80. The largest absolute Gasteiger partial charge is 0.508 e. The lowest BCUT2D eigenvalue weighted by Crippen LogP contribution is -2.34. The van der Waals surface area contributed by atoms with E-state index in [1.165, 1.54) is 11.6 Å². The van der Waals surface area contributed by atoms with Crippen LogP contribution in [0.2, 0.25) is 0 Å². The summed E-state index contributed by atoms with van der Waals surface area (Å²) in [5, 5.41) is 23.8. The summed E-state index contributed by atoms with van der Waals surface area (Å²) in [6.45, 7) is 3.22. The number of aliphatic hydroxyl groups is 1. The number of methoxy groups -OCH3 is 1. The molecular formula is C21H26N2O5. The summed E-state index contributed by atoms with van der Waals surface area (Å²) < 4.78 is 5.17. The van der Waals surface area contributed by atoms with Crippen LogP contribution in [0.3, 0.4) is 0 Å². The van der Waals surface area contributed by atoms with Gasteiger partial charge in [-0.3, -0.25) is 4.79 Å². The van der Waals surface area contributed by atoms with Crippen LogP contribution in [0, 0.1) is 5.92 Å². The topological polar surface area (TPSA) is 100 Å². The number of rotatable bonds is 8. The number of aliphatic hydroxyl groups excluding tert-OH is 1. The Morgan fingerprint density at radius 2 is 1.96 bits per heavy atom. The molecule has 1 aliphatic rings. The summed E-state index contributed by atoms with van der Waals surface area (Å²) in [5.41, 5.74) is 4.44. The van der Waals surface area contributed by atoms with Crippen LogP contribution in [-0.2, 0) is 17.6 Å². The van der Waals surface area contributed by atoms with Gasteiger partial charge in [0.05, 0.1) is 19.6 Å². The van der Waals surface area contributed by atoms with E-state index in [9.17, 15) is 15.0 Å². The Labute approximate surface area is 164 Å². The Morgan fingerprint density at radius 3 is 2.68 bits per heavy atom. The van der Waals surface area contributed by atoms with Crippen molar-refractivity contribution in [2.24, 2.45) is 5.92 Å². The van der Waals surface area contributed by atoms with E-state index in [4.69, 9.17) is 9.57 Å². The van der Waals surface area contributed by atoms with Crippen molar-refractivity contribution >= 4 is 5.91 Å². The molecule has 0 fully saturated rings. The summed E-state index contributed by atoms with van der Waals surface area (Å²) in [6.07, 6.45) is 0.114. The van der Waals surface area contributed by atoms with Crippen molar-refractivity contribution in [3.05, 3.63) is 53.1 Å². The normalized spacial score (nSPS) is 15.2. The summed E-state index contributed by atoms with van der Waals surface area (Å²) in [5.74, 6) is 1.19. The summed E-state index contributed by atoms with van der Waals surface area (Å²) in [6, 6.07) is 11.1. The van der Waals surface area contributed by atoms with Gasteiger partial charge in [-0.25, -0.2) is 0 Å². The lowest BCUT2D eigenvalue weighted by molar-refractivity contribution is -0.128. The first-order chi connectivity index (χ1) is 13.5. The number of hydroxylamine groups is 1. The second-order valence-corrected chi connectivity index (χ2v) is 7.12. The first-order valence-corrected chi connectivity index (χ1v) is 9.30. The van der Waals surface area contributed by atoms with Gasteiger partial charge < -0.3 is 25.1 Å². The molecule has 0 aliphatic carbocycles. The smallest absolute Gasteiger partial charge is 0.257 e. The molecule has 28 heavy (non-hydrogen) atoms. The molecule has 150 valence electrons. The van der Waals surface area contributed by atoms with Crippen LogP contribution < -0.4 is 20.4 Å². The van der Waals surface area contributed by atoms with Gasteiger partial charge in [0.1, 0.15) is 11.5 Å². The molecule has 0 spiro atoms. The third-order valence-corrected chi connectivity index (χ3v) is 4.80. The monoisotopic (exact) mass is 386 g/mol. The van der Waals surface area contributed by atoms with Crippen LogP contribution in [0.25, 0.3) is 0 Å². The van der Waals surface area contributed by atoms with Crippen LogP contribution in [0.1, 0.15) is 29.7 Å². The van der Waals surface area contributed by atoms with Crippen molar-refractivity contribution in [1.82, 2.24) is 10.8 Å². The summed E-state index contributed by atoms with van der Waals surface area (Å²) >= 11 is 0. The van der Waals surface area contributed by atoms with Crippen LogP contribution in [0.5, 0.6) is 17.2 Å². The Balaban J connectivity index is 1.53. The highest BCUT2D eigenvalue weighted by Gasteiger charge is 2.26. The van der Waals surface area contributed by atoms with E-state index in [-0.39, 0.29) is 18.1 Å². The maximum absolute atomic E-state index is 11.5. The first kappa shape index (κ1) is 20.0. The maximum Gasteiger partial charge on any atom is 0.257 e. The highest BCUT2D eigenvalue weighted by atomic mass is 16.7.